The maximum absolute atomic E-state index is 12.6. The Kier molecular flexibility index (Phi) is 4.65. The zero-order valence-corrected chi connectivity index (χ0v) is 13.6. The summed E-state index contributed by atoms with van der Waals surface area (Å²) in [6.07, 6.45) is 5.66. The van der Waals surface area contributed by atoms with Crippen LogP contribution in [-0.2, 0) is 0 Å². The lowest BCUT2D eigenvalue weighted by Crippen LogP contribution is -2.48. The highest BCUT2D eigenvalue weighted by molar-refractivity contribution is 8.24. The molecule has 6 heteroatoms. The molecule has 0 unspecified atom stereocenters. The molecule has 0 saturated carbocycles. The van der Waals surface area contributed by atoms with Gasteiger partial charge in [-0.15, -0.1) is 0 Å². The van der Waals surface area contributed by atoms with E-state index < -0.39 is 0 Å². The van der Waals surface area contributed by atoms with Crippen LogP contribution in [0, 0.1) is 5.21 Å². The van der Waals surface area contributed by atoms with E-state index in [1.807, 2.05) is 17.0 Å². The van der Waals surface area contributed by atoms with Crippen molar-refractivity contribution in [3.8, 4) is 0 Å². The number of aromatic nitrogens is 1. The lowest BCUT2D eigenvalue weighted by atomic mass is 10.1. The molecule has 1 aliphatic heterocycles. The van der Waals surface area contributed by atoms with Gasteiger partial charge in [0.15, 0.2) is 6.21 Å². The highest BCUT2D eigenvalue weighted by Gasteiger charge is 2.49. The van der Waals surface area contributed by atoms with E-state index in [-0.39, 0.29) is 10.9 Å². The number of thioether (sulfide) groups is 1. The van der Waals surface area contributed by atoms with Crippen molar-refractivity contribution in [1.29, 1.82) is 0 Å². The van der Waals surface area contributed by atoms with Gasteiger partial charge in [-0.3, -0.25) is 9.88 Å². The second-order valence-corrected chi connectivity index (χ2v) is 7.60. The first-order valence-electron chi connectivity index (χ1n) is 6.65. The first-order valence-corrected chi connectivity index (χ1v) is 7.88. The summed E-state index contributed by atoms with van der Waals surface area (Å²) in [5.41, 5.74) is 0.803. The predicted molar refractivity (Wildman–Crippen MR) is 88.1 cm³/mol. The van der Waals surface area contributed by atoms with Crippen molar-refractivity contribution in [1.82, 2.24) is 9.88 Å². The third-order valence-electron chi connectivity index (χ3n) is 3.17. The highest BCUT2D eigenvalue weighted by Crippen LogP contribution is 2.41. The molecule has 108 valence electrons. The quantitative estimate of drug-likeness (QED) is 0.281. The zero-order chi connectivity index (χ0) is 14.8. The molecule has 2 rings (SSSR count). The van der Waals surface area contributed by atoms with Gasteiger partial charge in [-0.2, -0.15) is 4.74 Å². The smallest absolute Gasteiger partial charge is 0.254 e. The molecule has 0 aliphatic carbocycles. The number of hydrogen-bond donors (Lipinski definition) is 0. The topological polar surface area (TPSA) is 42.2 Å². The lowest BCUT2D eigenvalue weighted by molar-refractivity contribution is -0.523. The van der Waals surface area contributed by atoms with Crippen LogP contribution < -0.4 is 0 Å². The average molecular weight is 309 g/mol. The Morgan fingerprint density at radius 2 is 2.35 bits per heavy atom. The summed E-state index contributed by atoms with van der Waals surface area (Å²) in [6, 6.07) is 3.69. The lowest BCUT2D eigenvalue weighted by Gasteiger charge is -2.29. The van der Waals surface area contributed by atoms with Crippen LogP contribution in [0.4, 0.5) is 0 Å². The van der Waals surface area contributed by atoms with E-state index in [4.69, 9.17) is 12.2 Å². The molecule has 20 heavy (non-hydrogen) atoms. The standard InChI is InChI=1S/C14H19N3OS2/c1-4-8-16-12(14(2,3)20-13(16)19)17(18)10-11-6-5-7-15-9-11/h5-7,9-10,12H,4,8H2,1-3H3/b17-10-/t12-/m1/s1. The zero-order valence-electron chi connectivity index (χ0n) is 11.9. The van der Waals surface area contributed by atoms with Crippen LogP contribution >= 0.6 is 24.0 Å². The van der Waals surface area contributed by atoms with Crippen molar-refractivity contribution >= 4 is 34.5 Å². The van der Waals surface area contributed by atoms with E-state index in [2.05, 4.69) is 25.8 Å². The van der Waals surface area contributed by atoms with Gasteiger partial charge in [-0.25, -0.2) is 0 Å². The van der Waals surface area contributed by atoms with Crippen LogP contribution in [-0.4, -0.2) is 42.6 Å². The summed E-state index contributed by atoms with van der Waals surface area (Å²) in [7, 11) is 0. The van der Waals surface area contributed by atoms with Crippen LogP contribution in [0.1, 0.15) is 32.8 Å². The first-order chi connectivity index (χ1) is 9.45. The molecule has 1 fully saturated rings. The Morgan fingerprint density at radius 1 is 1.60 bits per heavy atom. The van der Waals surface area contributed by atoms with Crippen LogP contribution in [0.2, 0.25) is 0 Å². The maximum atomic E-state index is 12.6. The normalized spacial score (nSPS) is 22.4. The van der Waals surface area contributed by atoms with Crippen molar-refractivity contribution in [2.45, 2.75) is 38.1 Å². The molecule has 4 nitrogen and oxygen atoms in total. The van der Waals surface area contributed by atoms with Gasteiger partial charge in [0.2, 0.25) is 0 Å². The minimum absolute atomic E-state index is 0.229. The summed E-state index contributed by atoms with van der Waals surface area (Å²) < 4.78 is 1.59. The Morgan fingerprint density at radius 3 is 2.95 bits per heavy atom. The monoisotopic (exact) mass is 309 g/mol. The summed E-state index contributed by atoms with van der Waals surface area (Å²) in [5, 5.41) is 12.6. The molecule has 2 heterocycles. The molecule has 1 aliphatic rings. The summed E-state index contributed by atoms with van der Waals surface area (Å²) >= 11 is 7.01. The second kappa shape index (κ2) is 6.10. The van der Waals surface area contributed by atoms with E-state index in [1.54, 1.807) is 30.4 Å². The molecule has 1 atom stereocenters. The molecule has 0 radical (unpaired) electrons. The number of thiocarbonyl (C=S) groups is 1. The molecule has 1 aromatic heterocycles. The van der Waals surface area contributed by atoms with E-state index in [0.29, 0.717) is 0 Å². The fraction of sp³-hybridized carbons (Fsp3) is 0.500. The largest absolute Gasteiger partial charge is 0.622 e. The molecule has 1 saturated heterocycles. The third kappa shape index (κ3) is 3.12. The molecule has 0 N–H and O–H groups in total. The Bertz CT molecular complexity index is 516. The fourth-order valence-electron chi connectivity index (χ4n) is 2.38. The fourth-order valence-corrected chi connectivity index (χ4v) is 4.31. The van der Waals surface area contributed by atoms with Crippen molar-refractivity contribution in [3.63, 3.8) is 0 Å². The Balaban J connectivity index is 2.32. The van der Waals surface area contributed by atoms with Gasteiger partial charge in [0.05, 0.1) is 5.56 Å². The van der Waals surface area contributed by atoms with Crippen molar-refractivity contribution in [2.24, 2.45) is 0 Å². The van der Waals surface area contributed by atoms with Crippen molar-refractivity contribution < 1.29 is 4.74 Å². The summed E-state index contributed by atoms with van der Waals surface area (Å²) in [5.74, 6) is 0. The summed E-state index contributed by atoms with van der Waals surface area (Å²) in [6.45, 7) is 7.02. The molecule has 0 amide bonds. The molecule has 0 spiro atoms. The molecule has 0 aromatic carbocycles. The van der Waals surface area contributed by atoms with E-state index in [1.165, 1.54) is 0 Å². The minimum Gasteiger partial charge on any atom is -0.622 e. The summed E-state index contributed by atoms with van der Waals surface area (Å²) in [4.78, 5) is 6.06. The minimum atomic E-state index is -0.278. The first kappa shape index (κ1) is 15.3. The van der Waals surface area contributed by atoms with Crippen molar-refractivity contribution in [3.05, 3.63) is 35.3 Å². The van der Waals surface area contributed by atoms with Gasteiger partial charge >= 0.3 is 0 Å². The Labute approximate surface area is 129 Å². The van der Waals surface area contributed by atoms with Gasteiger partial charge in [0.25, 0.3) is 6.17 Å². The Hall–Kier alpha value is -1.14. The predicted octanol–water partition coefficient (Wildman–Crippen LogP) is 2.86. The van der Waals surface area contributed by atoms with Gasteiger partial charge in [-0.1, -0.05) is 30.9 Å². The third-order valence-corrected chi connectivity index (χ3v) is 4.80. The number of hydroxylamine groups is 1. The number of nitrogens with zero attached hydrogens (tertiary/aromatic N) is 3. The maximum Gasteiger partial charge on any atom is 0.254 e. The molecule has 0 bridgehead atoms. The van der Waals surface area contributed by atoms with Gasteiger partial charge in [0, 0.05) is 18.9 Å². The SMILES string of the molecule is CCCN1C(=S)SC(C)(C)[C@H]1/[N+]([O-])=C/c1cccnc1. The van der Waals surface area contributed by atoms with E-state index >= 15 is 0 Å². The average Bonchev–Trinajstić information content (AvgIpc) is 2.60. The number of hydrogen-bond acceptors (Lipinski definition) is 4. The van der Waals surface area contributed by atoms with Crippen LogP contribution in [0.15, 0.2) is 24.5 Å². The number of rotatable bonds is 4. The molecule has 1 aromatic rings. The van der Waals surface area contributed by atoms with Crippen molar-refractivity contribution in [2.75, 3.05) is 6.54 Å². The van der Waals surface area contributed by atoms with E-state index in [9.17, 15) is 5.21 Å². The van der Waals surface area contributed by atoms with Crippen LogP contribution in [0.3, 0.4) is 0 Å². The van der Waals surface area contributed by atoms with Gasteiger partial charge in [0.1, 0.15) is 9.07 Å². The molecular weight excluding hydrogens is 290 g/mol. The van der Waals surface area contributed by atoms with Crippen LogP contribution in [0.25, 0.3) is 0 Å². The second-order valence-electron chi connectivity index (χ2n) is 5.31. The number of pyridine rings is 1. The van der Waals surface area contributed by atoms with Crippen LogP contribution in [0.5, 0.6) is 0 Å². The van der Waals surface area contributed by atoms with E-state index in [0.717, 1.165) is 27.6 Å². The molecular formula is C14H19N3OS2. The van der Waals surface area contributed by atoms with Gasteiger partial charge in [-0.05, 0) is 32.4 Å². The van der Waals surface area contributed by atoms with Gasteiger partial charge < -0.3 is 5.21 Å². The highest BCUT2D eigenvalue weighted by atomic mass is 32.2.